The summed E-state index contributed by atoms with van der Waals surface area (Å²) in [5, 5.41) is 4.54. The molecule has 0 aliphatic heterocycles. The Morgan fingerprint density at radius 3 is 2.54 bits per heavy atom. The van der Waals surface area contributed by atoms with Crippen molar-refractivity contribution in [3.8, 4) is 21.8 Å². The van der Waals surface area contributed by atoms with Gasteiger partial charge in [-0.25, -0.2) is 14.3 Å². The number of ether oxygens (including phenoxy) is 1. The molecule has 1 aliphatic carbocycles. The number of thiophene rings is 1. The van der Waals surface area contributed by atoms with Crippen LogP contribution in [0, 0.1) is 11.8 Å². The molecule has 0 atom stereocenters. The molecule has 9 heteroatoms. The van der Waals surface area contributed by atoms with Gasteiger partial charge in [0.1, 0.15) is 10.6 Å². The van der Waals surface area contributed by atoms with E-state index in [-0.39, 0.29) is 17.9 Å². The number of hydrogen-bond acceptors (Lipinski definition) is 7. The number of hydrogen-bond donors (Lipinski definition) is 0. The van der Waals surface area contributed by atoms with Crippen LogP contribution >= 0.6 is 11.3 Å². The average Bonchev–Trinajstić information content (AvgIpc) is 3.54. The number of methoxy groups -OCH3 is 1. The number of carbonyl (C=O) groups excluding carboxylic acids is 2. The quantitative estimate of drug-likeness (QED) is 0.297. The van der Waals surface area contributed by atoms with E-state index in [0.717, 1.165) is 53.2 Å². The number of pyridine rings is 1. The monoisotopic (exact) mass is 517 g/mol. The topological polar surface area (TPSA) is 89.7 Å². The summed E-state index contributed by atoms with van der Waals surface area (Å²) in [4.78, 5) is 38.5. The predicted molar refractivity (Wildman–Crippen MR) is 145 cm³/mol. The van der Waals surface area contributed by atoms with Crippen molar-refractivity contribution in [1.29, 1.82) is 0 Å². The van der Waals surface area contributed by atoms with Crippen LogP contribution in [-0.4, -0.2) is 44.6 Å². The second kappa shape index (κ2) is 10.4. The van der Waals surface area contributed by atoms with Crippen LogP contribution in [0.1, 0.15) is 56.1 Å². The summed E-state index contributed by atoms with van der Waals surface area (Å²) in [5.41, 5.74) is 3.67. The third kappa shape index (κ3) is 5.00. The van der Waals surface area contributed by atoms with Crippen LogP contribution in [0.5, 0.6) is 0 Å². The Balaban J connectivity index is 1.48. The van der Waals surface area contributed by atoms with Crippen molar-refractivity contribution in [2.45, 2.75) is 52.5 Å². The van der Waals surface area contributed by atoms with Crippen molar-refractivity contribution in [1.82, 2.24) is 19.6 Å². The van der Waals surface area contributed by atoms with E-state index in [1.165, 1.54) is 18.4 Å². The standard InChI is InChI=1S/C28H31N5O3S/c1-17(2)33(27(34)19-8-6-18(3)7-9-19)23-15-24(37-26(23)28(35)36-4)20-10-11-21(30-16-20)22-14-25-29-12-5-13-32(25)31-22/h5,10-19H,6-9H2,1-4H3/t18-,19-. The van der Waals surface area contributed by atoms with E-state index in [1.807, 2.05) is 50.4 Å². The van der Waals surface area contributed by atoms with Crippen LogP contribution in [0.15, 0.2) is 48.9 Å². The number of aromatic nitrogens is 4. The van der Waals surface area contributed by atoms with Gasteiger partial charge in [0.05, 0.1) is 18.5 Å². The van der Waals surface area contributed by atoms with Crippen LogP contribution < -0.4 is 4.90 Å². The van der Waals surface area contributed by atoms with E-state index in [0.29, 0.717) is 16.5 Å². The number of esters is 1. The van der Waals surface area contributed by atoms with E-state index in [1.54, 1.807) is 21.8 Å². The van der Waals surface area contributed by atoms with Gasteiger partial charge in [-0.15, -0.1) is 11.3 Å². The molecule has 1 amide bonds. The minimum absolute atomic E-state index is 0.0201. The number of fused-ring (bicyclic) bond motifs is 1. The number of nitrogens with zero attached hydrogens (tertiary/aromatic N) is 5. The highest BCUT2D eigenvalue weighted by molar-refractivity contribution is 7.18. The summed E-state index contributed by atoms with van der Waals surface area (Å²) in [6, 6.07) is 9.41. The molecular formula is C28H31N5O3S. The Bertz CT molecular complexity index is 1380. The first-order valence-corrected chi connectivity index (χ1v) is 13.5. The molecular weight excluding hydrogens is 486 g/mol. The van der Waals surface area contributed by atoms with E-state index in [9.17, 15) is 9.59 Å². The fourth-order valence-electron chi connectivity index (χ4n) is 4.94. The van der Waals surface area contributed by atoms with Gasteiger partial charge in [-0.2, -0.15) is 5.10 Å². The molecule has 0 bridgehead atoms. The summed E-state index contributed by atoms with van der Waals surface area (Å²) in [5.74, 6) is 0.282. The summed E-state index contributed by atoms with van der Waals surface area (Å²) in [6.07, 6.45) is 9.23. The molecule has 0 N–H and O–H groups in total. The zero-order chi connectivity index (χ0) is 26.1. The molecule has 0 radical (unpaired) electrons. The molecule has 0 saturated heterocycles. The molecule has 4 heterocycles. The van der Waals surface area contributed by atoms with Gasteiger partial charge in [0, 0.05) is 47.1 Å². The van der Waals surface area contributed by atoms with E-state index in [4.69, 9.17) is 4.74 Å². The lowest BCUT2D eigenvalue weighted by molar-refractivity contribution is -0.123. The van der Waals surface area contributed by atoms with Crippen LogP contribution in [-0.2, 0) is 9.53 Å². The summed E-state index contributed by atoms with van der Waals surface area (Å²) in [7, 11) is 1.37. The van der Waals surface area contributed by atoms with Gasteiger partial charge in [0.15, 0.2) is 5.65 Å². The lowest BCUT2D eigenvalue weighted by Gasteiger charge is -2.33. The molecule has 0 unspecified atom stereocenters. The van der Waals surface area contributed by atoms with Crippen molar-refractivity contribution >= 4 is 34.5 Å². The predicted octanol–water partition coefficient (Wildman–Crippen LogP) is 5.87. The number of amides is 1. The van der Waals surface area contributed by atoms with Gasteiger partial charge in [-0.3, -0.25) is 9.78 Å². The first-order valence-electron chi connectivity index (χ1n) is 12.7. The first-order chi connectivity index (χ1) is 17.9. The zero-order valence-electron chi connectivity index (χ0n) is 21.5. The van der Waals surface area contributed by atoms with Crippen LogP contribution in [0.4, 0.5) is 5.69 Å². The third-order valence-electron chi connectivity index (χ3n) is 7.01. The van der Waals surface area contributed by atoms with E-state index in [2.05, 4.69) is 22.0 Å². The summed E-state index contributed by atoms with van der Waals surface area (Å²) in [6.45, 7) is 6.22. The maximum atomic E-state index is 13.7. The molecule has 8 nitrogen and oxygen atoms in total. The fourth-order valence-corrected chi connectivity index (χ4v) is 6.00. The highest BCUT2D eigenvalue weighted by Gasteiger charge is 2.33. The highest BCUT2D eigenvalue weighted by atomic mass is 32.1. The van der Waals surface area contributed by atoms with Gasteiger partial charge >= 0.3 is 5.97 Å². The van der Waals surface area contributed by atoms with Gasteiger partial charge < -0.3 is 9.64 Å². The van der Waals surface area contributed by atoms with E-state index >= 15 is 0 Å². The Labute approximate surface area is 220 Å². The van der Waals surface area contributed by atoms with E-state index < -0.39 is 5.97 Å². The lowest BCUT2D eigenvalue weighted by Crippen LogP contribution is -2.42. The Morgan fingerprint density at radius 2 is 1.89 bits per heavy atom. The lowest BCUT2D eigenvalue weighted by atomic mass is 9.82. The van der Waals surface area contributed by atoms with Gasteiger partial charge in [-0.05, 0) is 69.7 Å². The van der Waals surface area contributed by atoms with Crippen molar-refractivity contribution in [2.75, 3.05) is 12.0 Å². The molecule has 37 heavy (non-hydrogen) atoms. The molecule has 4 aromatic rings. The molecule has 0 spiro atoms. The second-order valence-corrected chi connectivity index (χ2v) is 11.0. The van der Waals surface area contributed by atoms with Crippen molar-refractivity contribution < 1.29 is 14.3 Å². The maximum Gasteiger partial charge on any atom is 0.350 e. The molecule has 4 aromatic heterocycles. The van der Waals surface area contributed by atoms with Crippen molar-refractivity contribution in [3.63, 3.8) is 0 Å². The largest absolute Gasteiger partial charge is 0.465 e. The van der Waals surface area contributed by atoms with Crippen LogP contribution in [0.2, 0.25) is 0 Å². The highest BCUT2D eigenvalue weighted by Crippen LogP contribution is 2.40. The number of rotatable bonds is 6. The van der Waals surface area contributed by atoms with Crippen LogP contribution in [0.3, 0.4) is 0 Å². The van der Waals surface area contributed by atoms with Crippen LogP contribution in [0.25, 0.3) is 27.5 Å². The molecule has 1 fully saturated rings. The maximum absolute atomic E-state index is 13.7. The second-order valence-electron chi connectivity index (χ2n) is 9.96. The third-order valence-corrected chi connectivity index (χ3v) is 8.16. The molecule has 0 aromatic carbocycles. The van der Waals surface area contributed by atoms with Gasteiger partial charge in [0.25, 0.3) is 0 Å². The smallest absolute Gasteiger partial charge is 0.350 e. The molecule has 1 saturated carbocycles. The molecule has 192 valence electrons. The summed E-state index contributed by atoms with van der Waals surface area (Å²) >= 11 is 1.32. The fraction of sp³-hybridized carbons (Fsp3) is 0.393. The Morgan fingerprint density at radius 1 is 1.11 bits per heavy atom. The number of carbonyl (C=O) groups is 2. The summed E-state index contributed by atoms with van der Waals surface area (Å²) < 4.78 is 6.81. The van der Waals surface area contributed by atoms with Crippen molar-refractivity contribution in [2.24, 2.45) is 11.8 Å². The SMILES string of the molecule is COC(=O)c1sc(-c2ccc(-c3cc4ncccn4n3)nc2)cc1N(C(=O)[C@H]1CC[C@H](C)CC1)C(C)C. The van der Waals surface area contributed by atoms with Crippen molar-refractivity contribution in [3.05, 3.63) is 53.8 Å². The average molecular weight is 518 g/mol. The normalized spacial score (nSPS) is 17.8. The Hall–Kier alpha value is -3.59. The minimum Gasteiger partial charge on any atom is -0.465 e. The number of anilines is 1. The zero-order valence-corrected chi connectivity index (χ0v) is 22.4. The van der Waals surface area contributed by atoms with Gasteiger partial charge in [0.2, 0.25) is 5.91 Å². The first kappa shape index (κ1) is 25.1. The Kier molecular flexibility index (Phi) is 7.06. The molecule has 1 aliphatic rings. The minimum atomic E-state index is -0.441. The molecule has 5 rings (SSSR count). The van der Waals surface area contributed by atoms with Gasteiger partial charge in [-0.1, -0.05) is 6.92 Å².